The molecule has 0 bridgehead atoms. The van der Waals surface area contributed by atoms with E-state index in [0.717, 1.165) is 6.07 Å². The highest BCUT2D eigenvalue weighted by Crippen LogP contribution is 2.42. The molecule has 1 heterocycles. The Bertz CT molecular complexity index is 583. The summed E-state index contributed by atoms with van der Waals surface area (Å²) in [7, 11) is 0. The van der Waals surface area contributed by atoms with Crippen LogP contribution in [0.15, 0.2) is 16.5 Å². The van der Waals surface area contributed by atoms with Gasteiger partial charge < -0.3 is 14.3 Å². The fourth-order valence-electron chi connectivity index (χ4n) is 1.61. The van der Waals surface area contributed by atoms with Crippen LogP contribution in [0, 0.1) is 12.3 Å². The SMILES string of the molecule is Cc1ccc(C(O)(CC(=O)OCC(=O)C(C)(C)C)C(F)(F)F)o1. The van der Waals surface area contributed by atoms with E-state index in [1.54, 1.807) is 20.8 Å². The van der Waals surface area contributed by atoms with Crippen LogP contribution in [0.5, 0.6) is 0 Å². The third-order valence-electron chi connectivity index (χ3n) is 3.22. The predicted molar refractivity (Wildman–Crippen MR) is 73.4 cm³/mol. The van der Waals surface area contributed by atoms with E-state index in [2.05, 4.69) is 4.74 Å². The van der Waals surface area contributed by atoms with Crippen molar-refractivity contribution in [2.45, 2.75) is 45.9 Å². The molecule has 0 radical (unpaired) electrons. The van der Waals surface area contributed by atoms with Gasteiger partial charge >= 0.3 is 12.1 Å². The molecule has 1 rings (SSSR count). The van der Waals surface area contributed by atoms with Crippen molar-refractivity contribution in [3.63, 3.8) is 0 Å². The minimum Gasteiger partial charge on any atom is -0.463 e. The van der Waals surface area contributed by atoms with Crippen LogP contribution < -0.4 is 0 Å². The monoisotopic (exact) mass is 336 g/mol. The van der Waals surface area contributed by atoms with Crippen LogP contribution >= 0.6 is 0 Å². The molecule has 1 atom stereocenters. The Morgan fingerprint density at radius 2 is 1.78 bits per heavy atom. The molecule has 0 fully saturated rings. The predicted octanol–water partition coefficient (Wildman–Crippen LogP) is 2.89. The van der Waals surface area contributed by atoms with Crippen LogP contribution in [0.3, 0.4) is 0 Å². The molecule has 1 aromatic heterocycles. The Morgan fingerprint density at radius 1 is 1.22 bits per heavy atom. The average molecular weight is 336 g/mol. The largest absolute Gasteiger partial charge is 0.463 e. The van der Waals surface area contributed by atoms with Crippen molar-refractivity contribution in [3.8, 4) is 0 Å². The summed E-state index contributed by atoms with van der Waals surface area (Å²) in [4.78, 5) is 23.3. The lowest BCUT2D eigenvalue weighted by Gasteiger charge is -2.27. The first-order valence-electron chi connectivity index (χ1n) is 6.82. The van der Waals surface area contributed by atoms with Crippen LogP contribution in [0.25, 0.3) is 0 Å². The van der Waals surface area contributed by atoms with Gasteiger partial charge in [-0.1, -0.05) is 20.8 Å². The van der Waals surface area contributed by atoms with Gasteiger partial charge in [0.25, 0.3) is 0 Å². The minimum absolute atomic E-state index is 0.152. The van der Waals surface area contributed by atoms with E-state index < -0.39 is 47.7 Å². The number of esters is 1. The van der Waals surface area contributed by atoms with Crippen molar-refractivity contribution in [2.75, 3.05) is 6.61 Å². The zero-order chi connectivity index (χ0) is 18.1. The molecule has 1 aromatic rings. The lowest BCUT2D eigenvalue weighted by atomic mass is 9.91. The van der Waals surface area contributed by atoms with E-state index in [4.69, 9.17) is 4.42 Å². The van der Waals surface area contributed by atoms with Gasteiger partial charge in [0.1, 0.15) is 11.5 Å². The van der Waals surface area contributed by atoms with Crippen LogP contribution in [0.1, 0.15) is 38.7 Å². The van der Waals surface area contributed by atoms with Crippen LogP contribution in [0.4, 0.5) is 13.2 Å². The highest BCUT2D eigenvalue weighted by molar-refractivity contribution is 5.86. The van der Waals surface area contributed by atoms with E-state index in [-0.39, 0.29) is 5.76 Å². The first-order chi connectivity index (χ1) is 10.3. The zero-order valence-corrected chi connectivity index (χ0v) is 13.3. The van der Waals surface area contributed by atoms with E-state index in [1.807, 2.05) is 0 Å². The van der Waals surface area contributed by atoms with E-state index in [9.17, 15) is 27.9 Å². The normalized spacial score (nSPS) is 15.1. The van der Waals surface area contributed by atoms with Gasteiger partial charge in [0.2, 0.25) is 5.60 Å². The molecule has 1 unspecified atom stereocenters. The smallest absolute Gasteiger partial charge is 0.425 e. The molecule has 0 amide bonds. The van der Waals surface area contributed by atoms with E-state index in [0.29, 0.717) is 0 Å². The minimum atomic E-state index is -5.15. The third kappa shape index (κ3) is 4.57. The number of ketones is 1. The summed E-state index contributed by atoms with van der Waals surface area (Å²) in [5.74, 6) is -2.45. The van der Waals surface area contributed by atoms with Crippen molar-refractivity contribution in [1.82, 2.24) is 0 Å². The summed E-state index contributed by atoms with van der Waals surface area (Å²) in [6, 6.07) is 2.18. The van der Waals surface area contributed by atoms with Gasteiger partial charge in [0, 0.05) is 5.41 Å². The van der Waals surface area contributed by atoms with Crippen LogP contribution in [0.2, 0.25) is 0 Å². The number of rotatable bonds is 5. The van der Waals surface area contributed by atoms with Gasteiger partial charge in [-0.25, -0.2) is 0 Å². The summed E-state index contributed by atoms with van der Waals surface area (Å²) in [5.41, 5.74) is -4.30. The summed E-state index contributed by atoms with van der Waals surface area (Å²) in [6.45, 7) is 5.50. The number of aryl methyl sites for hydroxylation is 1. The molecule has 8 heteroatoms. The molecule has 23 heavy (non-hydrogen) atoms. The van der Waals surface area contributed by atoms with Crippen LogP contribution in [-0.2, 0) is 19.9 Å². The number of carbonyl (C=O) groups is 2. The fraction of sp³-hybridized carbons (Fsp3) is 0.600. The molecule has 5 nitrogen and oxygen atoms in total. The molecule has 0 aliphatic rings. The number of hydrogen-bond donors (Lipinski definition) is 1. The van der Waals surface area contributed by atoms with Gasteiger partial charge in [0.05, 0.1) is 6.42 Å². The standard InChI is InChI=1S/C15H19F3O5/c1-9-5-6-11(23-9)14(21,15(16,17)18)7-12(20)22-8-10(19)13(2,3)4/h5-6,21H,7-8H2,1-4H3. The molecular formula is C15H19F3O5. The summed E-state index contributed by atoms with van der Waals surface area (Å²) in [5, 5.41) is 9.92. The number of hydrogen-bond acceptors (Lipinski definition) is 5. The second kappa shape index (κ2) is 6.35. The maximum absolute atomic E-state index is 13.2. The molecule has 0 saturated carbocycles. The molecule has 130 valence electrons. The number of Topliss-reactive ketones (excluding diaryl/α,β-unsaturated/α-hetero) is 1. The van der Waals surface area contributed by atoms with Gasteiger partial charge in [-0.05, 0) is 19.1 Å². The number of alkyl halides is 3. The van der Waals surface area contributed by atoms with Crippen molar-refractivity contribution >= 4 is 11.8 Å². The Labute approximate surface area is 131 Å². The topological polar surface area (TPSA) is 76.7 Å². The fourth-order valence-corrected chi connectivity index (χ4v) is 1.61. The maximum Gasteiger partial charge on any atom is 0.425 e. The maximum atomic E-state index is 13.2. The second-order valence-electron chi connectivity index (χ2n) is 6.28. The molecule has 0 aromatic carbocycles. The lowest BCUT2D eigenvalue weighted by molar-refractivity contribution is -0.275. The van der Waals surface area contributed by atoms with E-state index >= 15 is 0 Å². The molecule has 1 N–H and O–H groups in total. The summed E-state index contributed by atoms with van der Waals surface area (Å²) in [6.07, 6.45) is -6.55. The molecule has 0 aliphatic heterocycles. The third-order valence-corrected chi connectivity index (χ3v) is 3.22. The van der Waals surface area contributed by atoms with Crippen LogP contribution in [-0.4, -0.2) is 29.6 Å². The zero-order valence-electron chi connectivity index (χ0n) is 13.3. The molecular weight excluding hydrogens is 317 g/mol. The quantitative estimate of drug-likeness (QED) is 0.837. The number of halogens is 3. The first-order valence-corrected chi connectivity index (χ1v) is 6.82. The first kappa shape index (κ1) is 19.2. The lowest BCUT2D eigenvalue weighted by Crippen LogP contribution is -2.44. The van der Waals surface area contributed by atoms with Crippen molar-refractivity contribution < 1.29 is 37.0 Å². The van der Waals surface area contributed by atoms with Crippen molar-refractivity contribution in [2.24, 2.45) is 5.41 Å². The average Bonchev–Trinajstić information content (AvgIpc) is 2.80. The van der Waals surface area contributed by atoms with E-state index in [1.165, 1.54) is 13.0 Å². The van der Waals surface area contributed by atoms with Gasteiger partial charge in [-0.3, -0.25) is 9.59 Å². The highest BCUT2D eigenvalue weighted by Gasteiger charge is 2.58. The molecule has 0 saturated heterocycles. The number of aliphatic hydroxyl groups is 1. The summed E-state index contributed by atoms with van der Waals surface area (Å²) >= 11 is 0. The Morgan fingerprint density at radius 3 is 2.17 bits per heavy atom. The summed E-state index contributed by atoms with van der Waals surface area (Å²) < 4.78 is 48.9. The Hall–Kier alpha value is -1.83. The Kier molecular flexibility index (Phi) is 5.30. The second-order valence-corrected chi connectivity index (χ2v) is 6.28. The number of ether oxygens (including phenoxy) is 1. The van der Waals surface area contributed by atoms with Gasteiger partial charge in [-0.15, -0.1) is 0 Å². The van der Waals surface area contributed by atoms with Gasteiger partial charge in [-0.2, -0.15) is 13.2 Å². The Balaban J connectivity index is 2.88. The number of carbonyl (C=O) groups excluding carboxylic acids is 2. The van der Waals surface area contributed by atoms with Crippen molar-refractivity contribution in [1.29, 1.82) is 0 Å². The van der Waals surface area contributed by atoms with Gasteiger partial charge in [0.15, 0.2) is 12.4 Å². The van der Waals surface area contributed by atoms with Crippen molar-refractivity contribution in [3.05, 3.63) is 23.7 Å². The molecule has 0 spiro atoms. The highest BCUT2D eigenvalue weighted by atomic mass is 19.4. The molecule has 0 aliphatic carbocycles. The number of furan rings is 1.